The molecule has 5 nitrogen and oxygen atoms in total. The van der Waals surface area contributed by atoms with E-state index in [-0.39, 0.29) is 17.1 Å². The molecule has 1 aromatic carbocycles. The highest BCUT2D eigenvalue weighted by Gasteiger charge is 2.25. The fourth-order valence-electron chi connectivity index (χ4n) is 2.31. The number of benzene rings is 1. The number of aryl methyl sites for hydroxylation is 1. The highest BCUT2D eigenvalue weighted by molar-refractivity contribution is 5.94. The van der Waals surface area contributed by atoms with E-state index in [4.69, 9.17) is 4.74 Å². The van der Waals surface area contributed by atoms with Crippen molar-refractivity contribution in [1.82, 2.24) is 0 Å². The normalized spacial score (nSPS) is 24.4. The average Bonchev–Trinajstić information content (AvgIpc) is 2.32. The van der Waals surface area contributed by atoms with Crippen molar-refractivity contribution < 1.29 is 24.9 Å². The van der Waals surface area contributed by atoms with Gasteiger partial charge < -0.3 is 20.1 Å². The number of hydrogen-bond donors (Lipinski definition) is 3. The maximum atomic E-state index is 12.0. The first-order valence-electron chi connectivity index (χ1n) is 6.43. The van der Waals surface area contributed by atoms with Crippen molar-refractivity contribution >= 4 is 5.97 Å². The largest absolute Gasteiger partial charge is 0.508 e. The summed E-state index contributed by atoms with van der Waals surface area (Å²) in [6, 6.07) is 2.59. The van der Waals surface area contributed by atoms with Crippen molar-refractivity contribution in [2.24, 2.45) is 0 Å². The molecule has 1 aromatic rings. The van der Waals surface area contributed by atoms with Gasteiger partial charge in [-0.05, 0) is 37.8 Å². The van der Waals surface area contributed by atoms with Gasteiger partial charge in [0.15, 0.2) is 0 Å². The van der Waals surface area contributed by atoms with E-state index in [1.54, 1.807) is 6.92 Å². The van der Waals surface area contributed by atoms with Gasteiger partial charge >= 0.3 is 5.97 Å². The van der Waals surface area contributed by atoms with Gasteiger partial charge in [-0.25, -0.2) is 4.79 Å². The van der Waals surface area contributed by atoms with Crippen LogP contribution in [0.3, 0.4) is 0 Å². The molecule has 2 atom stereocenters. The highest BCUT2D eigenvalue weighted by atomic mass is 16.6. The number of carbonyl (C=O) groups is 1. The standard InChI is InChI=1S/C14H18O5/c1-8-11(16)5-3-2-4-9-6-10(15)7-12(17)13(9)14(18)19-8/h6-8,11,15-17H,2-5H2,1H3/t8-,11-/m1/s1. The van der Waals surface area contributed by atoms with Crippen LogP contribution in [-0.2, 0) is 11.2 Å². The van der Waals surface area contributed by atoms with E-state index in [1.807, 2.05) is 0 Å². The second kappa shape index (κ2) is 5.48. The molecule has 0 saturated carbocycles. The number of aromatic hydroxyl groups is 2. The maximum absolute atomic E-state index is 12.0. The van der Waals surface area contributed by atoms with E-state index in [0.717, 1.165) is 18.9 Å². The molecule has 1 aliphatic rings. The van der Waals surface area contributed by atoms with Crippen molar-refractivity contribution in [2.75, 3.05) is 0 Å². The number of carbonyl (C=O) groups excluding carboxylic acids is 1. The van der Waals surface area contributed by atoms with Crippen LogP contribution in [0.1, 0.15) is 42.1 Å². The van der Waals surface area contributed by atoms with Gasteiger partial charge in [0.05, 0.1) is 6.10 Å². The Kier molecular flexibility index (Phi) is 3.95. The first kappa shape index (κ1) is 13.7. The number of rotatable bonds is 0. The van der Waals surface area contributed by atoms with E-state index in [2.05, 4.69) is 0 Å². The van der Waals surface area contributed by atoms with Crippen LogP contribution in [0.15, 0.2) is 12.1 Å². The fourth-order valence-corrected chi connectivity index (χ4v) is 2.31. The number of fused-ring (bicyclic) bond motifs is 1. The van der Waals surface area contributed by atoms with Gasteiger partial charge in [0.2, 0.25) is 0 Å². The van der Waals surface area contributed by atoms with Crippen molar-refractivity contribution in [2.45, 2.75) is 44.8 Å². The molecule has 1 aliphatic heterocycles. The third-order valence-corrected chi connectivity index (χ3v) is 3.42. The minimum absolute atomic E-state index is 0.0748. The Morgan fingerprint density at radius 1 is 1.26 bits per heavy atom. The van der Waals surface area contributed by atoms with Crippen molar-refractivity contribution in [3.05, 3.63) is 23.3 Å². The molecule has 5 heteroatoms. The average molecular weight is 266 g/mol. The van der Waals surface area contributed by atoms with E-state index in [9.17, 15) is 20.1 Å². The third-order valence-electron chi connectivity index (χ3n) is 3.42. The summed E-state index contributed by atoms with van der Waals surface area (Å²) in [5.41, 5.74) is 0.657. The first-order valence-corrected chi connectivity index (χ1v) is 6.43. The quantitative estimate of drug-likeness (QED) is 0.622. The molecule has 0 unspecified atom stereocenters. The molecule has 0 amide bonds. The van der Waals surface area contributed by atoms with Crippen LogP contribution in [0, 0.1) is 0 Å². The Labute approximate surface area is 111 Å². The summed E-state index contributed by atoms with van der Waals surface area (Å²) in [4.78, 5) is 12.0. The predicted octanol–water partition coefficient (Wildman–Crippen LogP) is 1.73. The minimum atomic E-state index is -0.690. The second-order valence-corrected chi connectivity index (χ2v) is 4.92. The van der Waals surface area contributed by atoms with Gasteiger partial charge in [-0.3, -0.25) is 0 Å². The van der Waals surface area contributed by atoms with Gasteiger partial charge in [0, 0.05) is 6.07 Å². The number of phenolic OH excluding ortho intramolecular Hbond substituents is 2. The Bertz CT molecular complexity index is 483. The zero-order valence-electron chi connectivity index (χ0n) is 10.8. The van der Waals surface area contributed by atoms with Gasteiger partial charge in [-0.15, -0.1) is 0 Å². The summed E-state index contributed by atoms with van der Waals surface area (Å²) in [6.45, 7) is 1.63. The van der Waals surface area contributed by atoms with E-state index in [0.29, 0.717) is 18.4 Å². The monoisotopic (exact) mass is 266 g/mol. The number of ether oxygens (including phenoxy) is 1. The Morgan fingerprint density at radius 3 is 2.74 bits per heavy atom. The van der Waals surface area contributed by atoms with Crippen LogP contribution < -0.4 is 0 Å². The Balaban J connectivity index is 2.39. The molecular formula is C14H18O5. The lowest BCUT2D eigenvalue weighted by Crippen LogP contribution is -2.29. The summed E-state index contributed by atoms with van der Waals surface area (Å²) in [5, 5.41) is 29.1. The van der Waals surface area contributed by atoms with Gasteiger partial charge in [0.1, 0.15) is 23.2 Å². The van der Waals surface area contributed by atoms with Gasteiger partial charge in [-0.1, -0.05) is 6.42 Å². The molecule has 0 bridgehead atoms. The molecule has 0 radical (unpaired) electrons. The highest BCUT2D eigenvalue weighted by Crippen LogP contribution is 2.30. The van der Waals surface area contributed by atoms with E-state index < -0.39 is 18.2 Å². The number of aliphatic hydroxyl groups excluding tert-OH is 1. The molecule has 104 valence electrons. The molecule has 0 aliphatic carbocycles. The number of cyclic esters (lactones) is 1. The van der Waals surface area contributed by atoms with Crippen LogP contribution in [0.5, 0.6) is 11.5 Å². The van der Waals surface area contributed by atoms with Crippen molar-refractivity contribution in [3.8, 4) is 11.5 Å². The van der Waals surface area contributed by atoms with E-state index in [1.165, 1.54) is 6.07 Å². The van der Waals surface area contributed by atoms with Crippen LogP contribution >= 0.6 is 0 Å². The van der Waals surface area contributed by atoms with Crippen molar-refractivity contribution in [3.63, 3.8) is 0 Å². The molecular weight excluding hydrogens is 248 g/mol. The molecule has 0 saturated heterocycles. The first-order chi connectivity index (χ1) is 8.99. The molecule has 0 spiro atoms. The SMILES string of the molecule is C[C@H]1OC(=O)c2c(O)cc(O)cc2CCCC[C@H]1O. The zero-order chi connectivity index (χ0) is 14.0. The Hall–Kier alpha value is -1.75. The van der Waals surface area contributed by atoms with Gasteiger partial charge in [-0.2, -0.15) is 0 Å². The fraction of sp³-hybridized carbons (Fsp3) is 0.500. The van der Waals surface area contributed by atoms with Crippen molar-refractivity contribution in [1.29, 1.82) is 0 Å². The van der Waals surface area contributed by atoms with Crippen LogP contribution in [0.2, 0.25) is 0 Å². The smallest absolute Gasteiger partial charge is 0.342 e. The number of esters is 1. The van der Waals surface area contributed by atoms with Crippen LogP contribution in [0.4, 0.5) is 0 Å². The minimum Gasteiger partial charge on any atom is -0.508 e. The topological polar surface area (TPSA) is 87.0 Å². The van der Waals surface area contributed by atoms with E-state index >= 15 is 0 Å². The Morgan fingerprint density at radius 2 is 2.00 bits per heavy atom. The summed E-state index contributed by atoms with van der Waals surface area (Å²) >= 11 is 0. The molecule has 1 heterocycles. The molecule has 0 fully saturated rings. The number of hydrogen-bond acceptors (Lipinski definition) is 5. The zero-order valence-corrected chi connectivity index (χ0v) is 10.8. The number of phenols is 2. The number of aliphatic hydroxyl groups is 1. The second-order valence-electron chi connectivity index (χ2n) is 4.92. The van der Waals surface area contributed by atoms with Crippen LogP contribution in [-0.4, -0.2) is 33.5 Å². The molecule has 2 rings (SSSR count). The lowest BCUT2D eigenvalue weighted by molar-refractivity contribution is -0.0147. The molecule has 3 N–H and O–H groups in total. The summed E-state index contributed by atoms with van der Waals surface area (Å²) in [5.74, 6) is -1.03. The lowest BCUT2D eigenvalue weighted by atomic mass is 9.97. The third kappa shape index (κ3) is 2.98. The summed E-state index contributed by atoms with van der Waals surface area (Å²) in [7, 11) is 0. The molecule has 19 heavy (non-hydrogen) atoms. The predicted molar refractivity (Wildman–Crippen MR) is 68.2 cm³/mol. The summed E-state index contributed by atoms with van der Waals surface area (Å²) < 4.78 is 5.16. The van der Waals surface area contributed by atoms with Crippen LogP contribution in [0.25, 0.3) is 0 Å². The maximum Gasteiger partial charge on any atom is 0.342 e. The lowest BCUT2D eigenvalue weighted by Gasteiger charge is -2.22. The van der Waals surface area contributed by atoms with Gasteiger partial charge in [0.25, 0.3) is 0 Å². The molecule has 0 aromatic heterocycles. The summed E-state index contributed by atoms with van der Waals surface area (Å²) in [6.07, 6.45) is 1.37.